The van der Waals surface area contributed by atoms with Gasteiger partial charge in [-0.05, 0) is 32.5 Å². The second-order valence-electron chi connectivity index (χ2n) is 6.05. The quantitative estimate of drug-likeness (QED) is 0.781. The maximum Gasteiger partial charge on any atom is 0.224 e. The van der Waals surface area contributed by atoms with E-state index in [-0.39, 0.29) is 23.5 Å². The van der Waals surface area contributed by atoms with Gasteiger partial charge in [-0.25, -0.2) is 8.42 Å². The van der Waals surface area contributed by atoms with Crippen LogP contribution in [0.15, 0.2) is 16.5 Å². The van der Waals surface area contributed by atoms with Crippen LogP contribution in [-0.4, -0.2) is 62.3 Å². The average Bonchev–Trinajstić information content (AvgIpc) is 3.01. The largest absolute Gasteiger partial charge is 0.464 e. The normalized spacial score (nSPS) is 20.5. The third-order valence-electron chi connectivity index (χ3n) is 4.12. The lowest BCUT2D eigenvalue weighted by molar-refractivity contribution is -0.131. The van der Waals surface area contributed by atoms with E-state index in [9.17, 15) is 13.2 Å². The van der Waals surface area contributed by atoms with Gasteiger partial charge < -0.3 is 14.2 Å². The summed E-state index contributed by atoms with van der Waals surface area (Å²) in [4.78, 5) is 15.8. The van der Waals surface area contributed by atoms with Crippen molar-refractivity contribution in [2.75, 3.05) is 32.1 Å². The van der Waals surface area contributed by atoms with Crippen molar-refractivity contribution in [3.05, 3.63) is 23.7 Å². The molecule has 1 aliphatic rings. The van der Waals surface area contributed by atoms with E-state index in [1.165, 1.54) is 0 Å². The van der Waals surface area contributed by atoms with Crippen LogP contribution in [0.1, 0.15) is 24.4 Å². The predicted octanol–water partition coefficient (Wildman–Crippen LogP) is 1.06. The Bertz CT molecular complexity index is 623. The topological polar surface area (TPSA) is 70.8 Å². The van der Waals surface area contributed by atoms with Crippen molar-refractivity contribution in [1.29, 1.82) is 0 Å². The summed E-state index contributed by atoms with van der Waals surface area (Å²) in [6.45, 7) is 2.89. The predicted molar refractivity (Wildman–Crippen MR) is 84.2 cm³/mol. The van der Waals surface area contributed by atoms with Crippen molar-refractivity contribution in [3.8, 4) is 0 Å². The summed E-state index contributed by atoms with van der Waals surface area (Å²) >= 11 is 0. The van der Waals surface area contributed by atoms with Gasteiger partial charge in [0, 0.05) is 26.1 Å². The van der Waals surface area contributed by atoms with E-state index in [0.29, 0.717) is 25.9 Å². The molecule has 2 heterocycles. The van der Waals surface area contributed by atoms with Crippen molar-refractivity contribution in [3.63, 3.8) is 0 Å². The number of aryl methyl sites for hydroxylation is 1. The molecule has 1 unspecified atom stereocenters. The third kappa shape index (κ3) is 4.58. The number of sulfone groups is 1. The van der Waals surface area contributed by atoms with Crippen LogP contribution in [0.5, 0.6) is 0 Å². The van der Waals surface area contributed by atoms with Crippen LogP contribution in [0.4, 0.5) is 0 Å². The van der Waals surface area contributed by atoms with Gasteiger partial charge in [0.1, 0.15) is 11.5 Å². The van der Waals surface area contributed by atoms with Gasteiger partial charge in [-0.3, -0.25) is 4.79 Å². The molecule has 0 aliphatic carbocycles. The number of carbonyl (C=O) groups is 1. The van der Waals surface area contributed by atoms with Gasteiger partial charge in [0.15, 0.2) is 9.84 Å². The van der Waals surface area contributed by atoms with Gasteiger partial charge in [-0.15, -0.1) is 0 Å². The Morgan fingerprint density at radius 2 is 2.09 bits per heavy atom. The van der Waals surface area contributed by atoms with Crippen LogP contribution < -0.4 is 0 Å². The first kappa shape index (κ1) is 17.0. The Morgan fingerprint density at radius 1 is 1.36 bits per heavy atom. The molecule has 1 saturated heterocycles. The first-order valence-electron chi connectivity index (χ1n) is 7.47. The highest BCUT2D eigenvalue weighted by atomic mass is 32.2. The van der Waals surface area contributed by atoms with Gasteiger partial charge in [0.25, 0.3) is 0 Å². The monoisotopic (exact) mass is 328 g/mol. The first-order valence-corrected chi connectivity index (χ1v) is 9.29. The molecule has 1 amide bonds. The zero-order valence-electron chi connectivity index (χ0n) is 13.4. The van der Waals surface area contributed by atoms with Crippen LogP contribution in [-0.2, 0) is 21.2 Å². The van der Waals surface area contributed by atoms with Crippen molar-refractivity contribution in [2.24, 2.45) is 0 Å². The zero-order valence-corrected chi connectivity index (χ0v) is 14.2. The van der Waals surface area contributed by atoms with Crippen molar-refractivity contribution in [1.82, 2.24) is 9.80 Å². The number of furan rings is 1. The number of amides is 1. The zero-order chi connectivity index (χ0) is 16.3. The maximum absolute atomic E-state index is 12.1. The minimum absolute atomic E-state index is 0.0294. The Labute approximate surface area is 132 Å². The van der Waals surface area contributed by atoms with Crippen LogP contribution in [0.2, 0.25) is 0 Å². The smallest absolute Gasteiger partial charge is 0.224 e. The SMILES string of the molecule is Cc1ccc(CN(C)C(=O)CCN(C)C2CCS(=O)(=O)C2)o1. The highest BCUT2D eigenvalue weighted by Crippen LogP contribution is 2.17. The van der Waals surface area contributed by atoms with Gasteiger partial charge in [-0.2, -0.15) is 0 Å². The highest BCUT2D eigenvalue weighted by Gasteiger charge is 2.30. The van der Waals surface area contributed by atoms with Crippen molar-refractivity contribution in [2.45, 2.75) is 32.4 Å². The molecule has 0 bridgehead atoms. The Morgan fingerprint density at radius 3 is 2.64 bits per heavy atom. The molecule has 1 aromatic heterocycles. The van der Waals surface area contributed by atoms with Gasteiger partial charge >= 0.3 is 0 Å². The molecule has 1 fully saturated rings. The summed E-state index contributed by atoms with van der Waals surface area (Å²) < 4.78 is 28.4. The molecule has 2 rings (SSSR count). The molecule has 0 saturated carbocycles. The van der Waals surface area contributed by atoms with E-state index >= 15 is 0 Å². The van der Waals surface area contributed by atoms with Crippen molar-refractivity contribution < 1.29 is 17.6 Å². The van der Waals surface area contributed by atoms with E-state index in [0.717, 1.165) is 11.5 Å². The summed E-state index contributed by atoms with van der Waals surface area (Å²) in [7, 11) is 0.751. The molecule has 0 N–H and O–H groups in total. The number of carbonyl (C=O) groups excluding carboxylic acids is 1. The van der Waals surface area contributed by atoms with Gasteiger partial charge in [0.2, 0.25) is 5.91 Å². The molecular weight excluding hydrogens is 304 g/mol. The fourth-order valence-corrected chi connectivity index (χ4v) is 4.47. The molecule has 0 spiro atoms. The number of hydrogen-bond donors (Lipinski definition) is 0. The van der Waals surface area contributed by atoms with E-state index in [4.69, 9.17) is 4.42 Å². The second kappa shape index (κ2) is 6.83. The minimum atomic E-state index is -2.88. The van der Waals surface area contributed by atoms with Gasteiger partial charge in [-0.1, -0.05) is 0 Å². The lowest BCUT2D eigenvalue weighted by Gasteiger charge is -2.24. The Kier molecular flexibility index (Phi) is 5.28. The molecule has 0 radical (unpaired) electrons. The lowest BCUT2D eigenvalue weighted by atomic mass is 10.2. The van der Waals surface area contributed by atoms with Gasteiger partial charge in [0.05, 0.1) is 18.1 Å². The Balaban J connectivity index is 1.77. The molecule has 124 valence electrons. The van der Waals surface area contributed by atoms with E-state index in [1.807, 2.05) is 31.0 Å². The van der Waals surface area contributed by atoms with Crippen LogP contribution >= 0.6 is 0 Å². The van der Waals surface area contributed by atoms with E-state index in [1.54, 1.807) is 11.9 Å². The molecule has 6 nitrogen and oxygen atoms in total. The van der Waals surface area contributed by atoms with Crippen LogP contribution in [0.25, 0.3) is 0 Å². The molecule has 22 heavy (non-hydrogen) atoms. The Hall–Kier alpha value is -1.34. The second-order valence-corrected chi connectivity index (χ2v) is 8.28. The summed E-state index contributed by atoms with van der Waals surface area (Å²) in [5, 5.41) is 0. The summed E-state index contributed by atoms with van der Waals surface area (Å²) in [5.41, 5.74) is 0. The third-order valence-corrected chi connectivity index (χ3v) is 5.88. The summed E-state index contributed by atoms with van der Waals surface area (Å²) in [5.74, 6) is 2.09. The average molecular weight is 328 g/mol. The number of rotatable bonds is 6. The van der Waals surface area contributed by atoms with Crippen LogP contribution in [0, 0.1) is 6.92 Å². The van der Waals surface area contributed by atoms with E-state index in [2.05, 4.69) is 0 Å². The number of hydrogen-bond acceptors (Lipinski definition) is 5. The summed E-state index contributed by atoms with van der Waals surface area (Å²) in [6, 6.07) is 3.78. The molecule has 0 aromatic carbocycles. The fraction of sp³-hybridized carbons (Fsp3) is 0.667. The van der Waals surface area contributed by atoms with Crippen molar-refractivity contribution >= 4 is 15.7 Å². The summed E-state index contributed by atoms with van der Waals surface area (Å²) in [6.07, 6.45) is 1.04. The molecule has 1 aromatic rings. The minimum Gasteiger partial charge on any atom is -0.464 e. The fourth-order valence-electron chi connectivity index (χ4n) is 2.66. The molecule has 1 atom stereocenters. The molecular formula is C15H24N2O4S. The number of nitrogens with zero attached hydrogens (tertiary/aromatic N) is 2. The van der Waals surface area contributed by atoms with Crippen LogP contribution in [0.3, 0.4) is 0 Å². The maximum atomic E-state index is 12.1. The highest BCUT2D eigenvalue weighted by molar-refractivity contribution is 7.91. The molecule has 1 aliphatic heterocycles. The standard InChI is InChI=1S/C15H24N2O4S/c1-12-4-5-14(21-12)10-17(3)15(18)6-8-16(2)13-7-9-22(19,20)11-13/h4-5,13H,6-11H2,1-3H3. The first-order chi connectivity index (χ1) is 10.3. The van der Waals surface area contributed by atoms with E-state index < -0.39 is 9.84 Å². The lowest BCUT2D eigenvalue weighted by Crippen LogP contribution is -2.36. The molecule has 7 heteroatoms.